The van der Waals surface area contributed by atoms with Gasteiger partial charge in [-0.05, 0) is 65.3 Å². The third-order valence-electron chi connectivity index (χ3n) is 5.05. The normalized spacial score (nSPS) is 20.7. The Morgan fingerprint density at radius 1 is 1.43 bits per heavy atom. The number of esters is 1. The van der Waals surface area contributed by atoms with Gasteiger partial charge < -0.3 is 19.5 Å². The van der Waals surface area contributed by atoms with Gasteiger partial charge in [-0.25, -0.2) is 0 Å². The molecule has 0 aromatic carbocycles. The number of carbonyl (C=O) groups is 1. The van der Waals surface area contributed by atoms with Crippen LogP contribution in [0, 0.1) is 11.8 Å². The van der Waals surface area contributed by atoms with Crippen LogP contribution >= 0.6 is 0 Å². The average Bonchev–Trinajstić information content (AvgIpc) is 2.45. The zero-order valence-corrected chi connectivity index (χ0v) is 15.3. The highest BCUT2D eigenvalue weighted by Gasteiger charge is 2.40. The van der Waals surface area contributed by atoms with Gasteiger partial charge in [0.15, 0.2) is 0 Å². The van der Waals surface area contributed by atoms with Crippen LogP contribution in [0.5, 0.6) is 0 Å². The fraction of sp³-hybridized carbons (Fsp3) is 0.824. The molecule has 0 fully saturated rings. The fourth-order valence-corrected chi connectivity index (χ4v) is 2.52. The van der Waals surface area contributed by atoms with Crippen molar-refractivity contribution in [3.8, 4) is 0 Å². The molecular weight excluding hydrogens is 295 g/mol. The van der Waals surface area contributed by atoms with Gasteiger partial charge in [-0.2, -0.15) is 0 Å². The van der Waals surface area contributed by atoms with Crippen molar-refractivity contribution in [3.63, 3.8) is 0 Å². The van der Waals surface area contributed by atoms with Gasteiger partial charge in [-0.15, -0.1) is 0 Å². The molecule has 5 nitrogen and oxygen atoms in total. The van der Waals surface area contributed by atoms with Gasteiger partial charge in [0.25, 0.3) is 0 Å². The zero-order valence-electron chi connectivity index (χ0n) is 15.3. The van der Waals surface area contributed by atoms with Gasteiger partial charge in [0.1, 0.15) is 0 Å². The van der Waals surface area contributed by atoms with Crippen molar-refractivity contribution in [1.82, 2.24) is 0 Å². The van der Waals surface area contributed by atoms with Crippen LogP contribution in [0.1, 0.15) is 60.8 Å². The first-order chi connectivity index (χ1) is 10.5. The van der Waals surface area contributed by atoms with Crippen LogP contribution in [0.3, 0.4) is 0 Å². The molecule has 0 heterocycles. The van der Waals surface area contributed by atoms with E-state index in [1.54, 1.807) is 27.7 Å². The molecule has 0 aliphatic heterocycles. The van der Waals surface area contributed by atoms with E-state index in [-0.39, 0.29) is 17.8 Å². The molecule has 1 aliphatic rings. The first kappa shape index (κ1) is 20.2. The van der Waals surface area contributed by atoms with Crippen molar-refractivity contribution in [2.45, 2.75) is 72.0 Å². The van der Waals surface area contributed by atoms with E-state index in [9.17, 15) is 14.9 Å². The Kier molecular flexibility index (Phi) is 6.87. The van der Waals surface area contributed by atoms with Crippen LogP contribution in [-0.4, -0.2) is 41.0 Å². The number of hydrogen-bond donors (Lipinski definition) is 2. The van der Waals surface area contributed by atoms with Crippen molar-refractivity contribution < 1.29 is 24.3 Å². The largest absolute Gasteiger partial charge is 0.487 e. The molecule has 132 valence electrons. The Bertz CT molecular complexity index is 439. The molecule has 2 unspecified atom stereocenters. The fourth-order valence-electron chi connectivity index (χ4n) is 2.52. The van der Waals surface area contributed by atoms with E-state index in [4.69, 9.17) is 9.39 Å². The van der Waals surface area contributed by atoms with Crippen LogP contribution in [0.4, 0.5) is 0 Å². The minimum Gasteiger partial charge on any atom is -0.466 e. The van der Waals surface area contributed by atoms with E-state index in [0.717, 1.165) is 18.3 Å². The molecular formula is C17H31BO5. The number of hydrogen-bond acceptors (Lipinski definition) is 5. The number of carbonyl (C=O) groups excluding carboxylic acids is 1. The van der Waals surface area contributed by atoms with Gasteiger partial charge in [0.2, 0.25) is 0 Å². The molecule has 23 heavy (non-hydrogen) atoms. The predicted octanol–water partition coefficient (Wildman–Crippen LogP) is 2.50. The molecule has 0 bridgehead atoms. The molecule has 1 aliphatic carbocycles. The topological polar surface area (TPSA) is 76.0 Å². The first-order valence-corrected chi connectivity index (χ1v) is 8.43. The SMILES string of the molecule is CCOC(=O)C(C)C1CC=C(B(O)OC(C)(C)C(C)(C)O)CC1. The second-order valence-corrected chi connectivity index (χ2v) is 7.39. The number of ether oxygens (including phenoxy) is 1. The summed E-state index contributed by atoms with van der Waals surface area (Å²) in [4.78, 5) is 11.8. The molecule has 0 amide bonds. The molecule has 1 rings (SSSR count). The van der Waals surface area contributed by atoms with Crippen molar-refractivity contribution in [3.05, 3.63) is 11.5 Å². The van der Waals surface area contributed by atoms with Crippen LogP contribution in [0.15, 0.2) is 11.5 Å². The summed E-state index contributed by atoms with van der Waals surface area (Å²) in [7, 11) is -1.03. The molecule has 0 spiro atoms. The Hall–Kier alpha value is -0.845. The minimum absolute atomic E-state index is 0.140. The van der Waals surface area contributed by atoms with Gasteiger partial charge in [0, 0.05) is 0 Å². The highest BCUT2D eigenvalue weighted by atomic mass is 16.5. The first-order valence-electron chi connectivity index (χ1n) is 8.43. The Morgan fingerprint density at radius 2 is 2.04 bits per heavy atom. The maximum absolute atomic E-state index is 11.8. The summed E-state index contributed by atoms with van der Waals surface area (Å²) in [5, 5.41) is 20.4. The third-order valence-corrected chi connectivity index (χ3v) is 5.05. The number of allylic oxidation sites excluding steroid dienone is 2. The lowest BCUT2D eigenvalue weighted by Crippen LogP contribution is -2.51. The third kappa shape index (κ3) is 5.33. The molecule has 0 aromatic rings. The Morgan fingerprint density at radius 3 is 2.48 bits per heavy atom. The van der Waals surface area contributed by atoms with Crippen LogP contribution in [0.25, 0.3) is 0 Å². The molecule has 0 radical (unpaired) electrons. The second kappa shape index (κ2) is 7.82. The number of rotatable bonds is 7. The second-order valence-electron chi connectivity index (χ2n) is 7.39. The summed E-state index contributed by atoms with van der Waals surface area (Å²) in [5.41, 5.74) is -1.12. The van der Waals surface area contributed by atoms with Crippen molar-refractivity contribution in [2.75, 3.05) is 6.61 Å². The Labute approximate surface area is 140 Å². The molecule has 2 atom stereocenters. The number of aliphatic hydroxyl groups is 1. The maximum Gasteiger partial charge on any atom is 0.487 e. The summed E-state index contributed by atoms with van der Waals surface area (Å²) in [6.45, 7) is 10.9. The maximum atomic E-state index is 11.8. The molecule has 0 saturated heterocycles. The van der Waals surface area contributed by atoms with Crippen LogP contribution < -0.4 is 0 Å². The van der Waals surface area contributed by atoms with Gasteiger partial charge in [-0.3, -0.25) is 4.79 Å². The summed E-state index contributed by atoms with van der Waals surface area (Å²) < 4.78 is 10.7. The lowest BCUT2D eigenvalue weighted by Gasteiger charge is -2.39. The highest BCUT2D eigenvalue weighted by Crippen LogP contribution is 2.33. The summed E-state index contributed by atoms with van der Waals surface area (Å²) in [5.74, 6) is -0.0692. The van der Waals surface area contributed by atoms with E-state index in [1.165, 1.54) is 0 Å². The molecule has 0 saturated carbocycles. The monoisotopic (exact) mass is 326 g/mol. The van der Waals surface area contributed by atoms with E-state index >= 15 is 0 Å². The van der Waals surface area contributed by atoms with Gasteiger partial charge in [0.05, 0.1) is 23.7 Å². The minimum atomic E-state index is -1.07. The summed E-state index contributed by atoms with van der Waals surface area (Å²) >= 11 is 0. The van der Waals surface area contributed by atoms with E-state index < -0.39 is 18.3 Å². The van der Waals surface area contributed by atoms with Crippen molar-refractivity contribution in [2.24, 2.45) is 11.8 Å². The smallest absolute Gasteiger partial charge is 0.466 e. The quantitative estimate of drug-likeness (QED) is 0.555. The zero-order chi connectivity index (χ0) is 17.8. The average molecular weight is 326 g/mol. The standard InChI is InChI=1S/C17H31BO5/c1-7-22-15(19)12(2)13-8-10-14(11-9-13)18(21)23-17(5,6)16(3,4)20/h10,12-13,20-21H,7-9,11H2,1-6H3. The summed E-state index contributed by atoms with van der Waals surface area (Å²) in [6.07, 6.45) is 4.17. The van der Waals surface area contributed by atoms with Crippen LogP contribution in [0.2, 0.25) is 0 Å². The van der Waals surface area contributed by atoms with Crippen molar-refractivity contribution in [1.29, 1.82) is 0 Å². The summed E-state index contributed by atoms with van der Waals surface area (Å²) in [6, 6.07) is 0. The highest BCUT2D eigenvalue weighted by molar-refractivity contribution is 6.52. The van der Waals surface area contributed by atoms with E-state index in [0.29, 0.717) is 13.0 Å². The Balaban J connectivity index is 2.64. The molecule has 2 N–H and O–H groups in total. The van der Waals surface area contributed by atoms with Gasteiger partial charge >= 0.3 is 13.1 Å². The van der Waals surface area contributed by atoms with Crippen molar-refractivity contribution >= 4 is 13.1 Å². The predicted molar refractivity (Wildman–Crippen MR) is 90.7 cm³/mol. The molecule has 6 heteroatoms. The lowest BCUT2D eigenvalue weighted by atomic mass is 9.68. The lowest BCUT2D eigenvalue weighted by molar-refractivity contribution is -0.149. The van der Waals surface area contributed by atoms with E-state index in [2.05, 4.69) is 0 Å². The van der Waals surface area contributed by atoms with Crippen LogP contribution in [-0.2, 0) is 14.2 Å². The van der Waals surface area contributed by atoms with Gasteiger partial charge in [-0.1, -0.05) is 13.0 Å². The van der Waals surface area contributed by atoms with E-state index in [1.807, 2.05) is 19.9 Å². The molecule has 0 aromatic heterocycles.